The number of fused-ring (bicyclic) bond motifs is 3. The van der Waals surface area contributed by atoms with Crippen LogP contribution in [0.2, 0.25) is 0 Å². The molecule has 154 valence electrons. The van der Waals surface area contributed by atoms with E-state index in [-0.39, 0.29) is 0 Å². The molecule has 0 saturated heterocycles. The fourth-order valence-electron chi connectivity index (χ4n) is 5.56. The monoisotopic (exact) mass is 438 g/mol. The molecule has 3 heterocycles. The molecule has 0 unspecified atom stereocenters. The maximum atomic E-state index is 2.44. The van der Waals surface area contributed by atoms with E-state index in [1.165, 1.54) is 64.4 Å². The van der Waals surface area contributed by atoms with Gasteiger partial charge in [-0.1, -0.05) is 48.5 Å². The quantitative estimate of drug-likeness (QED) is 0.256. The van der Waals surface area contributed by atoms with E-state index in [1.807, 2.05) is 11.3 Å². The Kier molecular flexibility index (Phi) is 3.31. The first-order chi connectivity index (χ1) is 16.4. The van der Waals surface area contributed by atoms with Crippen LogP contribution in [0.5, 0.6) is 0 Å². The largest absolute Gasteiger partial charge is 0.309 e. The minimum Gasteiger partial charge on any atom is -0.309 e. The number of hydrogen-bond acceptors (Lipinski definition) is 1. The molecule has 0 radical (unpaired) electrons. The third kappa shape index (κ3) is 2.22. The first-order valence-electron chi connectivity index (χ1n) is 11.2. The molecular formula is C30H18N2S. The second kappa shape index (κ2) is 6.25. The van der Waals surface area contributed by atoms with Gasteiger partial charge < -0.3 is 9.13 Å². The van der Waals surface area contributed by atoms with Crippen LogP contribution in [0.3, 0.4) is 0 Å². The van der Waals surface area contributed by atoms with Gasteiger partial charge in [-0.25, -0.2) is 0 Å². The number of benzene rings is 5. The fourth-order valence-corrected chi connectivity index (χ4v) is 6.65. The summed E-state index contributed by atoms with van der Waals surface area (Å²) >= 11 is 1.87. The number of hydrogen-bond donors (Lipinski definition) is 0. The number of thiophene rings is 1. The van der Waals surface area contributed by atoms with Crippen molar-refractivity contribution >= 4 is 64.3 Å². The van der Waals surface area contributed by atoms with E-state index in [4.69, 9.17) is 0 Å². The van der Waals surface area contributed by atoms with Gasteiger partial charge in [0.05, 0.1) is 22.1 Å². The van der Waals surface area contributed by atoms with E-state index in [1.54, 1.807) is 0 Å². The van der Waals surface area contributed by atoms with Gasteiger partial charge in [0.1, 0.15) is 0 Å². The van der Waals surface area contributed by atoms with Gasteiger partial charge in [-0.2, -0.15) is 0 Å². The molecule has 2 nitrogen and oxygen atoms in total. The molecule has 0 spiro atoms. The molecule has 0 amide bonds. The Morgan fingerprint density at radius 1 is 0.424 bits per heavy atom. The SMILES string of the molecule is c1ccc(-n2c3cccc4c3c3c2cccc3n4-c2ccc3sc4ccccc4c3c2)cc1. The maximum absolute atomic E-state index is 2.44. The lowest BCUT2D eigenvalue weighted by molar-refractivity contribution is 1.16. The lowest BCUT2D eigenvalue weighted by Crippen LogP contribution is -1.97. The van der Waals surface area contributed by atoms with E-state index in [2.05, 4.69) is 118 Å². The van der Waals surface area contributed by atoms with Crippen LogP contribution in [0.4, 0.5) is 0 Å². The van der Waals surface area contributed by atoms with Crippen LogP contribution in [0, 0.1) is 0 Å². The molecule has 0 bridgehead atoms. The maximum Gasteiger partial charge on any atom is 0.0563 e. The zero-order chi connectivity index (χ0) is 21.5. The Hall–Kier alpha value is -4.08. The topological polar surface area (TPSA) is 9.86 Å². The van der Waals surface area contributed by atoms with E-state index in [0.717, 1.165) is 0 Å². The Morgan fingerprint density at radius 3 is 1.70 bits per heavy atom. The average Bonchev–Trinajstić information content (AvgIpc) is 3.52. The average molecular weight is 439 g/mol. The van der Waals surface area contributed by atoms with Crippen LogP contribution in [0.25, 0.3) is 64.4 Å². The van der Waals surface area contributed by atoms with E-state index in [0.29, 0.717) is 0 Å². The lowest BCUT2D eigenvalue weighted by atomic mass is 10.1. The molecule has 0 aliphatic heterocycles. The Labute approximate surface area is 193 Å². The van der Waals surface area contributed by atoms with E-state index in [9.17, 15) is 0 Å². The highest BCUT2D eigenvalue weighted by atomic mass is 32.1. The molecule has 3 aromatic heterocycles. The normalized spacial score (nSPS) is 12.2. The second-order valence-corrected chi connectivity index (χ2v) is 9.71. The first kappa shape index (κ1) is 17.5. The van der Waals surface area contributed by atoms with Crippen molar-refractivity contribution in [1.29, 1.82) is 0 Å². The smallest absolute Gasteiger partial charge is 0.0563 e. The Bertz CT molecular complexity index is 1900. The van der Waals surface area contributed by atoms with Crippen molar-refractivity contribution in [3.8, 4) is 11.4 Å². The molecular weight excluding hydrogens is 420 g/mol. The Morgan fingerprint density at radius 2 is 1.00 bits per heavy atom. The predicted molar refractivity (Wildman–Crippen MR) is 142 cm³/mol. The highest BCUT2D eigenvalue weighted by Crippen LogP contribution is 2.43. The predicted octanol–water partition coefficient (Wildman–Crippen LogP) is 8.53. The summed E-state index contributed by atoms with van der Waals surface area (Å²) in [6.45, 7) is 0. The molecule has 3 heteroatoms. The third-order valence-corrected chi connectivity index (χ3v) is 8.04. The van der Waals surface area contributed by atoms with Crippen molar-refractivity contribution in [3.05, 3.63) is 109 Å². The zero-order valence-corrected chi connectivity index (χ0v) is 18.5. The van der Waals surface area contributed by atoms with Gasteiger partial charge in [-0.15, -0.1) is 11.3 Å². The van der Waals surface area contributed by atoms with Crippen molar-refractivity contribution in [2.24, 2.45) is 0 Å². The number of para-hydroxylation sites is 1. The highest BCUT2D eigenvalue weighted by Gasteiger charge is 2.22. The zero-order valence-electron chi connectivity index (χ0n) is 17.7. The fraction of sp³-hybridized carbons (Fsp3) is 0. The molecule has 0 N–H and O–H groups in total. The standard InChI is InChI=1S/C30H18N2S/c1-2-8-19(9-3-1)31-23-11-6-13-25-29(23)30-24(31)12-7-14-26(30)32(25)20-16-17-28-22(18-20)21-10-4-5-15-27(21)33-28/h1-18H. The summed E-state index contributed by atoms with van der Waals surface area (Å²) in [5.74, 6) is 0. The van der Waals surface area contributed by atoms with Crippen molar-refractivity contribution in [2.45, 2.75) is 0 Å². The molecule has 0 fully saturated rings. The van der Waals surface area contributed by atoms with Gasteiger partial charge in [-0.3, -0.25) is 0 Å². The molecule has 8 rings (SSSR count). The summed E-state index contributed by atoms with van der Waals surface area (Å²) in [4.78, 5) is 0. The van der Waals surface area contributed by atoms with E-state index < -0.39 is 0 Å². The molecule has 0 atom stereocenters. The van der Waals surface area contributed by atoms with Gasteiger partial charge in [0, 0.05) is 42.3 Å². The minimum atomic E-state index is 1.20. The summed E-state index contributed by atoms with van der Waals surface area (Å²) < 4.78 is 7.51. The highest BCUT2D eigenvalue weighted by molar-refractivity contribution is 7.25. The van der Waals surface area contributed by atoms with Gasteiger partial charge in [0.25, 0.3) is 0 Å². The lowest BCUT2D eigenvalue weighted by Gasteiger charge is -2.12. The minimum absolute atomic E-state index is 1.20. The van der Waals surface area contributed by atoms with Crippen molar-refractivity contribution in [3.63, 3.8) is 0 Å². The number of aromatic nitrogens is 2. The molecule has 33 heavy (non-hydrogen) atoms. The summed E-state index contributed by atoms with van der Waals surface area (Å²) in [6, 6.07) is 39.7. The summed E-state index contributed by atoms with van der Waals surface area (Å²) in [5.41, 5.74) is 7.44. The molecule has 0 saturated carbocycles. The number of nitrogens with zero attached hydrogens (tertiary/aromatic N) is 2. The first-order valence-corrected chi connectivity index (χ1v) is 12.0. The molecule has 8 aromatic rings. The van der Waals surface area contributed by atoms with Crippen LogP contribution in [0.15, 0.2) is 109 Å². The number of rotatable bonds is 2. The van der Waals surface area contributed by atoms with Gasteiger partial charge in [0.2, 0.25) is 0 Å². The van der Waals surface area contributed by atoms with Crippen molar-refractivity contribution in [1.82, 2.24) is 9.13 Å². The van der Waals surface area contributed by atoms with Crippen LogP contribution in [-0.4, -0.2) is 9.13 Å². The summed E-state index contributed by atoms with van der Waals surface area (Å²) in [5, 5.41) is 5.34. The molecule has 5 aromatic carbocycles. The second-order valence-electron chi connectivity index (χ2n) is 8.63. The van der Waals surface area contributed by atoms with Gasteiger partial charge >= 0.3 is 0 Å². The third-order valence-electron chi connectivity index (χ3n) is 6.89. The summed E-state index contributed by atoms with van der Waals surface area (Å²) in [7, 11) is 0. The van der Waals surface area contributed by atoms with Gasteiger partial charge in [0.15, 0.2) is 0 Å². The van der Waals surface area contributed by atoms with Crippen LogP contribution in [0.1, 0.15) is 0 Å². The molecule has 0 aliphatic carbocycles. The summed E-state index contributed by atoms with van der Waals surface area (Å²) in [6.07, 6.45) is 0. The van der Waals surface area contributed by atoms with Crippen LogP contribution >= 0.6 is 11.3 Å². The van der Waals surface area contributed by atoms with Crippen LogP contribution in [-0.2, 0) is 0 Å². The van der Waals surface area contributed by atoms with E-state index >= 15 is 0 Å². The molecule has 0 aliphatic rings. The van der Waals surface area contributed by atoms with Crippen molar-refractivity contribution < 1.29 is 0 Å². The van der Waals surface area contributed by atoms with Crippen LogP contribution < -0.4 is 0 Å². The van der Waals surface area contributed by atoms with Gasteiger partial charge in [-0.05, 0) is 60.7 Å². The Balaban J connectivity index is 1.50. The van der Waals surface area contributed by atoms with Crippen molar-refractivity contribution in [2.75, 3.05) is 0 Å².